The molecule has 0 aliphatic heterocycles. The number of aliphatic hydroxyl groups is 1. The van der Waals surface area contributed by atoms with E-state index in [-0.39, 0.29) is 12.6 Å². The first-order valence-corrected chi connectivity index (χ1v) is 6.68. The largest absolute Gasteiger partial charge is 0.394 e. The standard InChI is InChI=1S/C15H21N3O/c1-3-8-18-11-16-9-15(18)14(10-19)17-13-6-4-12(2)5-7-13/h4-7,9,11,14,17,19H,3,8,10H2,1-2H3. The molecule has 2 N–H and O–H groups in total. The Morgan fingerprint density at radius 1 is 1.32 bits per heavy atom. The van der Waals surface area contributed by atoms with E-state index in [2.05, 4.69) is 40.8 Å². The zero-order valence-electron chi connectivity index (χ0n) is 11.5. The fraction of sp³-hybridized carbons (Fsp3) is 0.400. The molecule has 2 rings (SSSR count). The van der Waals surface area contributed by atoms with Gasteiger partial charge in [0.25, 0.3) is 0 Å². The van der Waals surface area contributed by atoms with Crippen LogP contribution in [0.15, 0.2) is 36.8 Å². The van der Waals surface area contributed by atoms with E-state index in [1.54, 1.807) is 0 Å². The molecule has 0 aliphatic rings. The zero-order chi connectivity index (χ0) is 13.7. The summed E-state index contributed by atoms with van der Waals surface area (Å²) in [6, 6.07) is 8.04. The minimum atomic E-state index is -0.128. The second-order valence-electron chi connectivity index (χ2n) is 4.76. The van der Waals surface area contributed by atoms with Crippen LogP contribution in [0.5, 0.6) is 0 Å². The summed E-state index contributed by atoms with van der Waals surface area (Å²) in [4.78, 5) is 4.18. The smallest absolute Gasteiger partial charge is 0.0948 e. The molecule has 2 aromatic rings. The van der Waals surface area contributed by atoms with Gasteiger partial charge in [0.2, 0.25) is 0 Å². The van der Waals surface area contributed by atoms with E-state index in [1.165, 1.54) is 5.56 Å². The first-order chi connectivity index (χ1) is 9.24. The summed E-state index contributed by atoms with van der Waals surface area (Å²) in [5.41, 5.74) is 3.25. The van der Waals surface area contributed by atoms with E-state index >= 15 is 0 Å². The molecular weight excluding hydrogens is 238 g/mol. The van der Waals surface area contributed by atoms with Crippen LogP contribution in [0.2, 0.25) is 0 Å². The van der Waals surface area contributed by atoms with E-state index in [0.29, 0.717) is 0 Å². The van der Waals surface area contributed by atoms with Gasteiger partial charge in [-0.05, 0) is 25.5 Å². The maximum absolute atomic E-state index is 9.60. The Labute approximate surface area is 114 Å². The van der Waals surface area contributed by atoms with Crippen molar-refractivity contribution >= 4 is 5.69 Å². The molecule has 19 heavy (non-hydrogen) atoms. The van der Waals surface area contributed by atoms with E-state index in [9.17, 15) is 5.11 Å². The normalized spacial score (nSPS) is 12.4. The first-order valence-electron chi connectivity index (χ1n) is 6.68. The Bertz CT molecular complexity index is 504. The van der Waals surface area contributed by atoms with Crippen molar-refractivity contribution in [3.63, 3.8) is 0 Å². The van der Waals surface area contributed by atoms with Crippen molar-refractivity contribution in [3.05, 3.63) is 48.0 Å². The number of rotatable bonds is 6. The Morgan fingerprint density at radius 3 is 2.68 bits per heavy atom. The molecular formula is C15H21N3O. The summed E-state index contributed by atoms with van der Waals surface area (Å²) < 4.78 is 2.09. The van der Waals surface area contributed by atoms with Crippen LogP contribution >= 0.6 is 0 Å². The maximum Gasteiger partial charge on any atom is 0.0948 e. The number of nitrogens with zero attached hydrogens (tertiary/aromatic N) is 2. The van der Waals surface area contributed by atoms with Gasteiger partial charge in [-0.1, -0.05) is 24.6 Å². The summed E-state index contributed by atoms with van der Waals surface area (Å²) >= 11 is 0. The highest BCUT2D eigenvalue weighted by Crippen LogP contribution is 2.19. The fourth-order valence-corrected chi connectivity index (χ4v) is 2.11. The van der Waals surface area contributed by atoms with Crippen LogP contribution < -0.4 is 5.32 Å². The molecule has 1 atom stereocenters. The van der Waals surface area contributed by atoms with Crippen LogP contribution in [-0.2, 0) is 6.54 Å². The van der Waals surface area contributed by atoms with Gasteiger partial charge in [0.15, 0.2) is 0 Å². The Hall–Kier alpha value is -1.81. The molecule has 0 bridgehead atoms. The van der Waals surface area contributed by atoms with Crippen LogP contribution in [-0.4, -0.2) is 21.3 Å². The lowest BCUT2D eigenvalue weighted by molar-refractivity contribution is 0.271. The van der Waals surface area contributed by atoms with Gasteiger partial charge >= 0.3 is 0 Å². The summed E-state index contributed by atoms with van der Waals surface area (Å²) in [5.74, 6) is 0. The molecule has 1 heterocycles. The Balaban J connectivity index is 2.15. The molecule has 0 radical (unpaired) electrons. The monoisotopic (exact) mass is 259 g/mol. The third-order valence-electron chi connectivity index (χ3n) is 3.14. The number of aromatic nitrogens is 2. The lowest BCUT2D eigenvalue weighted by Crippen LogP contribution is -2.18. The number of benzene rings is 1. The van der Waals surface area contributed by atoms with Crippen molar-refractivity contribution < 1.29 is 5.11 Å². The molecule has 102 valence electrons. The van der Waals surface area contributed by atoms with Gasteiger partial charge in [0, 0.05) is 12.2 Å². The summed E-state index contributed by atoms with van der Waals surface area (Å²) in [7, 11) is 0. The molecule has 0 saturated carbocycles. The molecule has 0 aliphatic carbocycles. The van der Waals surface area contributed by atoms with E-state index in [1.807, 2.05) is 24.7 Å². The molecule has 0 saturated heterocycles. The van der Waals surface area contributed by atoms with Crippen LogP contribution in [0.1, 0.15) is 30.6 Å². The summed E-state index contributed by atoms with van der Waals surface area (Å²) in [6.45, 7) is 5.15. The van der Waals surface area contributed by atoms with Gasteiger partial charge < -0.3 is 15.0 Å². The number of anilines is 1. The molecule has 0 spiro atoms. The van der Waals surface area contributed by atoms with Gasteiger partial charge in [0.1, 0.15) is 0 Å². The average Bonchev–Trinajstić information content (AvgIpc) is 2.87. The van der Waals surface area contributed by atoms with Crippen LogP contribution in [0.4, 0.5) is 5.69 Å². The third-order valence-corrected chi connectivity index (χ3v) is 3.14. The average molecular weight is 259 g/mol. The highest BCUT2D eigenvalue weighted by molar-refractivity contribution is 5.46. The topological polar surface area (TPSA) is 50.1 Å². The summed E-state index contributed by atoms with van der Waals surface area (Å²) in [6.07, 6.45) is 4.68. The number of aryl methyl sites for hydroxylation is 2. The van der Waals surface area contributed by atoms with Gasteiger partial charge in [-0.15, -0.1) is 0 Å². The minimum Gasteiger partial charge on any atom is -0.394 e. The molecule has 4 heteroatoms. The first kappa shape index (κ1) is 13.6. The number of hydrogen-bond donors (Lipinski definition) is 2. The minimum absolute atomic E-state index is 0.0449. The van der Waals surface area contributed by atoms with E-state index < -0.39 is 0 Å². The Kier molecular flexibility index (Phi) is 4.58. The zero-order valence-corrected chi connectivity index (χ0v) is 11.5. The SMILES string of the molecule is CCCn1cncc1C(CO)Nc1ccc(C)cc1. The molecule has 4 nitrogen and oxygen atoms in total. The molecule has 0 fully saturated rings. The van der Waals surface area contributed by atoms with Crippen LogP contribution in [0.25, 0.3) is 0 Å². The highest BCUT2D eigenvalue weighted by Gasteiger charge is 2.14. The summed E-state index contributed by atoms with van der Waals surface area (Å²) in [5, 5.41) is 12.9. The van der Waals surface area contributed by atoms with Crippen molar-refractivity contribution in [1.82, 2.24) is 9.55 Å². The van der Waals surface area contributed by atoms with E-state index in [0.717, 1.165) is 24.3 Å². The third kappa shape index (κ3) is 3.35. The predicted molar refractivity (Wildman–Crippen MR) is 77.1 cm³/mol. The van der Waals surface area contributed by atoms with Crippen molar-refractivity contribution in [2.75, 3.05) is 11.9 Å². The number of aliphatic hydroxyl groups excluding tert-OH is 1. The molecule has 1 aromatic carbocycles. The van der Waals surface area contributed by atoms with Crippen LogP contribution in [0, 0.1) is 6.92 Å². The predicted octanol–water partition coefficient (Wildman–Crippen LogP) is 2.75. The molecule has 1 aromatic heterocycles. The van der Waals surface area contributed by atoms with Crippen molar-refractivity contribution in [2.45, 2.75) is 32.9 Å². The fourth-order valence-electron chi connectivity index (χ4n) is 2.11. The lowest BCUT2D eigenvalue weighted by atomic mass is 10.2. The number of hydrogen-bond acceptors (Lipinski definition) is 3. The van der Waals surface area contributed by atoms with Crippen LogP contribution in [0.3, 0.4) is 0 Å². The van der Waals surface area contributed by atoms with E-state index in [4.69, 9.17) is 0 Å². The second-order valence-corrected chi connectivity index (χ2v) is 4.76. The van der Waals surface area contributed by atoms with Gasteiger partial charge in [-0.3, -0.25) is 0 Å². The van der Waals surface area contributed by atoms with Gasteiger partial charge in [-0.2, -0.15) is 0 Å². The quantitative estimate of drug-likeness (QED) is 0.838. The maximum atomic E-state index is 9.60. The molecule has 1 unspecified atom stereocenters. The highest BCUT2D eigenvalue weighted by atomic mass is 16.3. The van der Waals surface area contributed by atoms with Crippen molar-refractivity contribution in [1.29, 1.82) is 0 Å². The van der Waals surface area contributed by atoms with Crippen molar-refractivity contribution in [3.8, 4) is 0 Å². The van der Waals surface area contributed by atoms with Gasteiger partial charge in [-0.25, -0.2) is 4.98 Å². The Morgan fingerprint density at radius 2 is 2.05 bits per heavy atom. The second kappa shape index (κ2) is 6.38. The van der Waals surface area contributed by atoms with Crippen molar-refractivity contribution in [2.24, 2.45) is 0 Å². The number of nitrogens with one attached hydrogen (secondary N) is 1. The lowest BCUT2D eigenvalue weighted by Gasteiger charge is -2.19. The number of imidazole rings is 1. The van der Waals surface area contributed by atoms with Gasteiger partial charge in [0.05, 0.1) is 30.9 Å². The molecule has 0 amide bonds.